The number of amides is 4. The van der Waals surface area contributed by atoms with Crippen molar-refractivity contribution < 1.29 is 38.2 Å². The van der Waals surface area contributed by atoms with Crippen molar-refractivity contribution >= 4 is 35.6 Å². The van der Waals surface area contributed by atoms with Gasteiger partial charge in [-0.1, -0.05) is 0 Å². The Morgan fingerprint density at radius 1 is 0.903 bits per heavy atom. The number of esters is 1. The molecule has 0 unspecified atom stereocenters. The van der Waals surface area contributed by atoms with E-state index in [1.165, 1.54) is 21.0 Å². The molecule has 0 aliphatic carbocycles. The van der Waals surface area contributed by atoms with Gasteiger partial charge in [0.15, 0.2) is 5.78 Å². The highest BCUT2D eigenvalue weighted by Gasteiger charge is 2.28. The molecule has 0 saturated carbocycles. The van der Waals surface area contributed by atoms with Crippen molar-refractivity contribution in [1.82, 2.24) is 16.0 Å². The summed E-state index contributed by atoms with van der Waals surface area (Å²) in [6.45, 7) is 7.70. The van der Waals surface area contributed by atoms with Crippen LogP contribution in [0.3, 0.4) is 0 Å². The van der Waals surface area contributed by atoms with Crippen LogP contribution in [0.4, 0.5) is 4.79 Å². The number of carbonyl (C=O) groups is 6. The van der Waals surface area contributed by atoms with E-state index in [1.54, 1.807) is 20.8 Å². The third-order valence-electron chi connectivity index (χ3n) is 3.79. The van der Waals surface area contributed by atoms with Crippen LogP contribution in [0, 0.1) is 0 Å². The number of primary amides is 1. The molecule has 12 heteroatoms. The molecule has 0 aromatic rings. The third-order valence-corrected chi connectivity index (χ3v) is 3.79. The average Bonchev–Trinajstić information content (AvgIpc) is 2.62. The van der Waals surface area contributed by atoms with Crippen molar-refractivity contribution in [1.29, 1.82) is 0 Å². The first kappa shape index (κ1) is 27.8. The topological polar surface area (TPSA) is 183 Å². The van der Waals surface area contributed by atoms with E-state index in [-0.39, 0.29) is 12.8 Å². The van der Waals surface area contributed by atoms with Crippen molar-refractivity contribution in [3.8, 4) is 0 Å². The first-order valence-corrected chi connectivity index (χ1v) is 9.64. The van der Waals surface area contributed by atoms with Crippen LogP contribution in [0.1, 0.15) is 53.9 Å². The molecule has 0 aromatic carbocycles. The molecule has 31 heavy (non-hydrogen) atoms. The van der Waals surface area contributed by atoms with Gasteiger partial charge in [-0.25, -0.2) is 9.59 Å². The lowest BCUT2D eigenvalue weighted by Gasteiger charge is -2.23. The van der Waals surface area contributed by atoms with Gasteiger partial charge in [0.05, 0.1) is 19.6 Å². The van der Waals surface area contributed by atoms with E-state index in [4.69, 9.17) is 10.5 Å². The lowest BCUT2D eigenvalue weighted by Crippen LogP contribution is -2.52. The molecule has 12 nitrogen and oxygen atoms in total. The highest BCUT2D eigenvalue weighted by Crippen LogP contribution is 2.07. The normalized spacial score (nSPS) is 13.7. The van der Waals surface area contributed by atoms with Gasteiger partial charge < -0.3 is 31.2 Å². The van der Waals surface area contributed by atoms with Gasteiger partial charge in [0.2, 0.25) is 17.7 Å². The van der Waals surface area contributed by atoms with Gasteiger partial charge in [-0.05, 0) is 34.6 Å². The Morgan fingerprint density at radius 2 is 1.48 bits per heavy atom. The average molecular weight is 444 g/mol. The second-order valence-electron chi connectivity index (χ2n) is 7.88. The summed E-state index contributed by atoms with van der Waals surface area (Å²) in [5.41, 5.74) is 4.30. The van der Waals surface area contributed by atoms with Crippen molar-refractivity contribution in [2.24, 2.45) is 5.73 Å². The fourth-order valence-electron chi connectivity index (χ4n) is 2.26. The zero-order valence-electron chi connectivity index (χ0n) is 18.7. The largest absolute Gasteiger partial charge is 0.467 e. The highest BCUT2D eigenvalue weighted by atomic mass is 16.6. The zero-order chi connectivity index (χ0) is 24.4. The van der Waals surface area contributed by atoms with Crippen LogP contribution < -0.4 is 21.7 Å². The number of alkyl carbamates (subject to hydrolysis) is 1. The van der Waals surface area contributed by atoms with Gasteiger partial charge in [-0.2, -0.15) is 0 Å². The van der Waals surface area contributed by atoms with Crippen LogP contribution in [0.25, 0.3) is 0 Å². The number of hydrogen-bond acceptors (Lipinski definition) is 8. The van der Waals surface area contributed by atoms with Crippen LogP contribution in [0.15, 0.2) is 0 Å². The number of nitrogens with one attached hydrogen (secondary N) is 3. The number of carbonyl (C=O) groups excluding carboxylic acids is 6. The van der Waals surface area contributed by atoms with Gasteiger partial charge >= 0.3 is 12.1 Å². The summed E-state index contributed by atoms with van der Waals surface area (Å²) in [5, 5.41) is 7.00. The molecule has 0 radical (unpaired) electrons. The molecule has 0 bridgehead atoms. The third kappa shape index (κ3) is 12.2. The number of nitrogens with two attached hydrogens (primary N) is 1. The number of ketones is 1. The Hall–Kier alpha value is -3.18. The van der Waals surface area contributed by atoms with E-state index in [2.05, 4.69) is 20.7 Å². The highest BCUT2D eigenvalue weighted by molar-refractivity contribution is 5.95. The van der Waals surface area contributed by atoms with E-state index in [9.17, 15) is 28.8 Å². The van der Waals surface area contributed by atoms with E-state index >= 15 is 0 Å². The second-order valence-corrected chi connectivity index (χ2v) is 7.88. The summed E-state index contributed by atoms with van der Waals surface area (Å²) in [4.78, 5) is 70.9. The van der Waals surface area contributed by atoms with Crippen LogP contribution in [0.2, 0.25) is 0 Å². The first-order valence-electron chi connectivity index (χ1n) is 9.64. The standard InChI is InChI=1S/C19H32N4O8/c1-10(13(24)7-8-15(26)21-11(2)17(28)30-6)22-16(27)12(9-14(20)25)23-18(29)31-19(3,4)5/h10-12H,7-9H2,1-6H3,(H2,20,25)(H,21,26)(H,22,27)(H,23,29)/t10-,11-,12-/m0/s1. The number of Topliss-reactive ketones (excluding diaryl/α,β-unsaturated/α-hetero) is 1. The summed E-state index contributed by atoms with van der Waals surface area (Å²) in [6, 6.07) is -3.21. The molecule has 0 aliphatic rings. The molecule has 5 N–H and O–H groups in total. The minimum absolute atomic E-state index is 0.207. The van der Waals surface area contributed by atoms with Gasteiger partial charge in [-0.15, -0.1) is 0 Å². The fourth-order valence-corrected chi connectivity index (χ4v) is 2.26. The van der Waals surface area contributed by atoms with Crippen molar-refractivity contribution in [3.05, 3.63) is 0 Å². The molecule has 0 saturated heterocycles. The minimum atomic E-state index is -1.34. The zero-order valence-corrected chi connectivity index (χ0v) is 18.7. The maximum absolute atomic E-state index is 12.4. The predicted octanol–water partition coefficient (Wildman–Crippen LogP) is -0.713. The van der Waals surface area contributed by atoms with Gasteiger partial charge in [-0.3, -0.25) is 19.2 Å². The number of hydrogen-bond donors (Lipinski definition) is 4. The second kappa shape index (κ2) is 12.5. The first-order chi connectivity index (χ1) is 14.2. The summed E-state index contributed by atoms with van der Waals surface area (Å²) < 4.78 is 9.53. The fraction of sp³-hybridized carbons (Fsp3) is 0.684. The Labute approximate surface area is 180 Å². The number of methoxy groups -OCH3 is 1. The Balaban J connectivity index is 4.78. The lowest BCUT2D eigenvalue weighted by molar-refractivity contribution is -0.144. The SMILES string of the molecule is COC(=O)[C@H](C)NC(=O)CCC(=O)[C@H](C)NC(=O)[C@H](CC(N)=O)NC(=O)OC(C)(C)C. The van der Waals surface area contributed by atoms with Crippen LogP contribution in [-0.4, -0.2) is 66.4 Å². The minimum Gasteiger partial charge on any atom is -0.467 e. The van der Waals surface area contributed by atoms with Crippen LogP contribution in [-0.2, 0) is 33.4 Å². The number of rotatable bonds is 11. The maximum Gasteiger partial charge on any atom is 0.408 e. The molecule has 176 valence electrons. The predicted molar refractivity (Wildman–Crippen MR) is 108 cm³/mol. The van der Waals surface area contributed by atoms with Crippen molar-refractivity contribution in [3.63, 3.8) is 0 Å². The van der Waals surface area contributed by atoms with E-state index in [0.29, 0.717) is 0 Å². The summed E-state index contributed by atoms with van der Waals surface area (Å²) in [6.07, 6.45) is -1.84. The molecule has 0 spiro atoms. The van der Waals surface area contributed by atoms with E-state index in [0.717, 1.165) is 0 Å². The summed E-state index contributed by atoms with van der Waals surface area (Å²) in [7, 11) is 1.18. The lowest BCUT2D eigenvalue weighted by atomic mass is 10.1. The number of ether oxygens (including phenoxy) is 2. The van der Waals surface area contributed by atoms with Crippen LogP contribution in [0.5, 0.6) is 0 Å². The Kier molecular flexibility index (Phi) is 11.2. The molecule has 0 fully saturated rings. The molecular formula is C19H32N4O8. The Morgan fingerprint density at radius 3 is 1.97 bits per heavy atom. The summed E-state index contributed by atoms with van der Waals surface area (Å²) >= 11 is 0. The maximum atomic E-state index is 12.4. The quantitative estimate of drug-likeness (QED) is 0.301. The van der Waals surface area contributed by atoms with E-state index < -0.39 is 65.7 Å². The molecule has 3 atom stereocenters. The molecule has 0 aliphatic heterocycles. The summed E-state index contributed by atoms with van der Waals surface area (Å²) in [5.74, 6) is -3.29. The van der Waals surface area contributed by atoms with E-state index in [1.807, 2.05) is 0 Å². The Bertz CT molecular complexity index is 702. The monoisotopic (exact) mass is 444 g/mol. The molecular weight excluding hydrogens is 412 g/mol. The molecule has 0 aromatic heterocycles. The van der Waals surface area contributed by atoms with Gasteiger partial charge in [0.1, 0.15) is 17.7 Å². The van der Waals surface area contributed by atoms with Crippen molar-refractivity contribution in [2.75, 3.05) is 7.11 Å². The van der Waals surface area contributed by atoms with Gasteiger partial charge in [0.25, 0.3) is 0 Å². The molecule has 0 heterocycles. The molecule has 4 amide bonds. The van der Waals surface area contributed by atoms with Crippen molar-refractivity contribution in [2.45, 2.75) is 77.6 Å². The smallest absolute Gasteiger partial charge is 0.408 e. The van der Waals surface area contributed by atoms with Gasteiger partial charge in [0, 0.05) is 12.8 Å². The van der Waals surface area contributed by atoms with Crippen LogP contribution >= 0.6 is 0 Å². The molecule has 0 rings (SSSR count).